The lowest BCUT2D eigenvalue weighted by Gasteiger charge is -2.22. The van der Waals surface area contributed by atoms with Crippen molar-refractivity contribution in [2.75, 3.05) is 6.54 Å². The van der Waals surface area contributed by atoms with Crippen molar-refractivity contribution in [1.29, 1.82) is 0 Å². The van der Waals surface area contributed by atoms with E-state index < -0.39 is 0 Å². The molecule has 1 aromatic rings. The van der Waals surface area contributed by atoms with Crippen molar-refractivity contribution in [3.8, 4) is 0 Å². The average Bonchev–Trinajstić information content (AvgIpc) is 2.45. The van der Waals surface area contributed by atoms with E-state index in [4.69, 9.17) is 4.74 Å². The largest absolute Gasteiger partial charge is 0.461 e. The van der Waals surface area contributed by atoms with Gasteiger partial charge < -0.3 is 10.1 Å². The molecule has 1 aromatic carbocycles. The first kappa shape index (κ1) is 16.7. The maximum absolute atomic E-state index is 11.9. The Morgan fingerprint density at radius 2 is 1.85 bits per heavy atom. The zero-order valence-electron chi connectivity index (χ0n) is 13.1. The van der Waals surface area contributed by atoms with Crippen LogP contribution in [0.2, 0.25) is 0 Å². The Kier molecular flexibility index (Phi) is 7.31. The molecule has 2 unspecified atom stereocenters. The van der Waals surface area contributed by atoms with E-state index in [2.05, 4.69) is 26.1 Å². The number of rotatable bonds is 8. The van der Waals surface area contributed by atoms with Crippen molar-refractivity contribution < 1.29 is 9.53 Å². The molecule has 3 nitrogen and oxygen atoms in total. The van der Waals surface area contributed by atoms with E-state index in [0.717, 1.165) is 12.0 Å². The Bertz CT molecular complexity index is 389. The van der Waals surface area contributed by atoms with Crippen LogP contribution >= 0.6 is 0 Å². The van der Waals surface area contributed by atoms with Crippen molar-refractivity contribution in [2.24, 2.45) is 11.8 Å². The van der Waals surface area contributed by atoms with Gasteiger partial charge in [-0.2, -0.15) is 0 Å². The van der Waals surface area contributed by atoms with Gasteiger partial charge in [-0.1, -0.05) is 58.0 Å². The van der Waals surface area contributed by atoms with Crippen LogP contribution in [0.4, 0.5) is 0 Å². The van der Waals surface area contributed by atoms with Crippen molar-refractivity contribution in [3.63, 3.8) is 0 Å². The quantitative estimate of drug-likeness (QED) is 0.740. The number of ether oxygens (including phenoxy) is 1. The predicted molar refractivity (Wildman–Crippen MR) is 82.3 cm³/mol. The van der Waals surface area contributed by atoms with Crippen molar-refractivity contribution in [2.45, 2.75) is 46.8 Å². The highest BCUT2D eigenvalue weighted by atomic mass is 16.5. The van der Waals surface area contributed by atoms with Gasteiger partial charge in [0.05, 0.1) is 5.92 Å². The zero-order valence-corrected chi connectivity index (χ0v) is 13.1. The molecule has 0 aliphatic rings. The van der Waals surface area contributed by atoms with Crippen LogP contribution < -0.4 is 5.32 Å². The van der Waals surface area contributed by atoms with Gasteiger partial charge in [-0.3, -0.25) is 4.79 Å². The van der Waals surface area contributed by atoms with Gasteiger partial charge in [0.1, 0.15) is 6.61 Å². The molecule has 0 fully saturated rings. The Labute approximate surface area is 122 Å². The van der Waals surface area contributed by atoms with Crippen LogP contribution in [0.5, 0.6) is 0 Å². The Balaban J connectivity index is 2.32. The summed E-state index contributed by atoms with van der Waals surface area (Å²) >= 11 is 0. The van der Waals surface area contributed by atoms with Gasteiger partial charge in [-0.05, 0) is 17.9 Å². The second-order valence-electron chi connectivity index (χ2n) is 5.66. The maximum atomic E-state index is 11.9. The van der Waals surface area contributed by atoms with Gasteiger partial charge >= 0.3 is 5.97 Å². The fraction of sp³-hybridized carbons (Fsp3) is 0.588. The highest BCUT2D eigenvalue weighted by Gasteiger charge is 2.17. The molecule has 0 spiro atoms. The number of carbonyl (C=O) groups is 1. The minimum Gasteiger partial charge on any atom is -0.461 e. The lowest BCUT2D eigenvalue weighted by molar-refractivity contribution is -0.149. The summed E-state index contributed by atoms with van der Waals surface area (Å²) in [5.41, 5.74) is 1.02. The van der Waals surface area contributed by atoms with E-state index >= 15 is 0 Å². The first-order valence-electron chi connectivity index (χ1n) is 7.48. The molecule has 0 bridgehead atoms. The van der Waals surface area contributed by atoms with Crippen LogP contribution in [0.1, 0.15) is 39.7 Å². The predicted octanol–water partition coefficient (Wildman–Crippen LogP) is 3.39. The summed E-state index contributed by atoms with van der Waals surface area (Å²) in [4.78, 5) is 11.9. The molecule has 2 atom stereocenters. The Hall–Kier alpha value is -1.35. The number of carbonyl (C=O) groups excluding carboxylic acids is 1. The summed E-state index contributed by atoms with van der Waals surface area (Å²) < 4.78 is 5.34. The molecular formula is C17H27NO2. The summed E-state index contributed by atoms with van der Waals surface area (Å²) in [6.45, 7) is 9.48. The Morgan fingerprint density at radius 3 is 2.40 bits per heavy atom. The lowest BCUT2D eigenvalue weighted by Crippen LogP contribution is -2.38. The molecule has 0 amide bonds. The van der Waals surface area contributed by atoms with Crippen molar-refractivity contribution >= 4 is 5.97 Å². The molecule has 0 radical (unpaired) electrons. The fourth-order valence-electron chi connectivity index (χ4n) is 2.13. The summed E-state index contributed by atoms with van der Waals surface area (Å²) in [5, 5.41) is 3.45. The molecule has 0 saturated carbocycles. The molecule has 0 saturated heterocycles. The van der Waals surface area contributed by atoms with Crippen LogP contribution in [0, 0.1) is 11.8 Å². The number of hydrogen-bond donors (Lipinski definition) is 1. The summed E-state index contributed by atoms with van der Waals surface area (Å²) in [6, 6.07) is 10.2. The second-order valence-corrected chi connectivity index (χ2v) is 5.66. The standard InChI is InChI=1S/C17H27NO2/c1-5-16(13(2)3)18-11-14(4)17(19)20-12-15-9-7-6-8-10-15/h6-10,13-14,16,18H,5,11-12H2,1-4H3. The van der Waals surface area contributed by atoms with E-state index in [1.807, 2.05) is 37.3 Å². The van der Waals surface area contributed by atoms with Crippen LogP contribution in [0.15, 0.2) is 30.3 Å². The van der Waals surface area contributed by atoms with E-state index in [1.165, 1.54) is 0 Å². The van der Waals surface area contributed by atoms with Crippen LogP contribution in [0.25, 0.3) is 0 Å². The molecule has 112 valence electrons. The SMILES string of the molecule is CCC(NCC(C)C(=O)OCc1ccccc1)C(C)C. The van der Waals surface area contributed by atoms with E-state index in [9.17, 15) is 4.79 Å². The van der Waals surface area contributed by atoms with Crippen LogP contribution in [-0.4, -0.2) is 18.6 Å². The van der Waals surface area contributed by atoms with Crippen LogP contribution in [0.3, 0.4) is 0 Å². The van der Waals surface area contributed by atoms with Crippen LogP contribution in [-0.2, 0) is 16.1 Å². The van der Waals surface area contributed by atoms with E-state index in [1.54, 1.807) is 0 Å². The average molecular weight is 277 g/mol. The third-order valence-electron chi connectivity index (χ3n) is 3.56. The summed E-state index contributed by atoms with van der Waals surface area (Å²) in [7, 11) is 0. The smallest absolute Gasteiger partial charge is 0.310 e. The monoisotopic (exact) mass is 277 g/mol. The number of hydrogen-bond acceptors (Lipinski definition) is 3. The Morgan fingerprint density at radius 1 is 1.20 bits per heavy atom. The summed E-state index contributed by atoms with van der Waals surface area (Å²) in [6.07, 6.45) is 1.07. The third kappa shape index (κ3) is 5.74. The van der Waals surface area contributed by atoms with E-state index in [-0.39, 0.29) is 11.9 Å². The van der Waals surface area contributed by atoms with Gasteiger partial charge in [0.15, 0.2) is 0 Å². The minimum absolute atomic E-state index is 0.119. The first-order valence-corrected chi connectivity index (χ1v) is 7.48. The molecule has 0 aliphatic heterocycles. The normalized spacial score (nSPS) is 14.1. The highest BCUT2D eigenvalue weighted by molar-refractivity contribution is 5.72. The van der Waals surface area contributed by atoms with Crippen molar-refractivity contribution in [1.82, 2.24) is 5.32 Å². The third-order valence-corrected chi connectivity index (χ3v) is 3.56. The number of nitrogens with one attached hydrogen (secondary N) is 1. The molecule has 1 rings (SSSR count). The molecule has 1 N–H and O–H groups in total. The molecule has 0 aliphatic carbocycles. The van der Waals surface area contributed by atoms with Gasteiger partial charge in [0, 0.05) is 12.6 Å². The zero-order chi connectivity index (χ0) is 15.0. The van der Waals surface area contributed by atoms with Gasteiger partial charge in [-0.25, -0.2) is 0 Å². The molecule has 20 heavy (non-hydrogen) atoms. The van der Waals surface area contributed by atoms with Crippen molar-refractivity contribution in [3.05, 3.63) is 35.9 Å². The minimum atomic E-state index is -0.139. The maximum Gasteiger partial charge on any atom is 0.310 e. The molecule has 0 heterocycles. The number of esters is 1. The molecular weight excluding hydrogens is 250 g/mol. The molecule has 0 aromatic heterocycles. The second kappa shape index (κ2) is 8.75. The first-order chi connectivity index (χ1) is 9.54. The van der Waals surface area contributed by atoms with Gasteiger partial charge in [0.2, 0.25) is 0 Å². The topological polar surface area (TPSA) is 38.3 Å². The number of benzene rings is 1. The summed E-state index contributed by atoms with van der Waals surface area (Å²) in [5.74, 6) is 0.319. The van der Waals surface area contributed by atoms with E-state index in [0.29, 0.717) is 25.1 Å². The van der Waals surface area contributed by atoms with Gasteiger partial charge in [0.25, 0.3) is 0 Å². The highest BCUT2D eigenvalue weighted by Crippen LogP contribution is 2.08. The fourth-order valence-corrected chi connectivity index (χ4v) is 2.13. The molecule has 3 heteroatoms. The van der Waals surface area contributed by atoms with Gasteiger partial charge in [-0.15, -0.1) is 0 Å². The lowest BCUT2D eigenvalue weighted by atomic mass is 10.0.